The van der Waals surface area contributed by atoms with Crippen LogP contribution in [0.15, 0.2) is 54.1 Å². The molecule has 9 nitrogen and oxygen atoms in total. The largest absolute Gasteiger partial charge is 0.492 e. The third kappa shape index (κ3) is 6.37. The summed E-state index contributed by atoms with van der Waals surface area (Å²) in [6, 6.07) is 14.6. The summed E-state index contributed by atoms with van der Waals surface area (Å²) in [5, 5.41) is 22.9. The number of hydrogen-bond acceptors (Lipinski definition) is 7. The van der Waals surface area contributed by atoms with Gasteiger partial charge in [0.25, 0.3) is 11.6 Å². The monoisotopic (exact) mass is 422 g/mol. The van der Waals surface area contributed by atoms with Crippen molar-refractivity contribution in [3.8, 4) is 11.8 Å². The number of carbonyl (C=O) groups excluding carboxylic acids is 1. The van der Waals surface area contributed by atoms with E-state index in [0.717, 1.165) is 32.8 Å². The van der Waals surface area contributed by atoms with Gasteiger partial charge in [-0.05, 0) is 29.8 Å². The highest BCUT2D eigenvalue weighted by Gasteiger charge is 2.17. The second kappa shape index (κ2) is 10.9. The Morgan fingerprint density at radius 2 is 1.94 bits per heavy atom. The Morgan fingerprint density at radius 1 is 1.23 bits per heavy atom. The van der Waals surface area contributed by atoms with Gasteiger partial charge >= 0.3 is 0 Å². The van der Waals surface area contributed by atoms with E-state index in [0.29, 0.717) is 17.9 Å². The van der Waals surface area contributed by atoms with E-state index in [1.165, 1.54) is 24.3 Å². The first kappa shape index (κ1) is 22.0. The van der Waals surface area contributed by atoms with E-state index in [1.807, 2.05) is 6.07 Å². The first-order valence-corrected chi connectivity index (χ1v) is 9.76. The summed E-state index contributed by atoms with van der Waals surface area (Å²) >= 11 is 0. The zero-order valence-corrected chi connectivity index (χ0v) is 16.8. The number of nitrogens with one attached hydrogen (secondary N) is 1. The molecule has 2 aromatic carbocycles. The van der Waals surface area contributed by atoms with E-state index >= 15 is 0 Å². The van der Waals surface area contributed by atoms with Gasteiger partial charge in [-0.2, -0.15) is 5.26 Å². The molecule has 0 aliphatic carbocycles. The lowest BCUT2D eigenvalue weighted by Crippen LogP contribution is -2.38. The van der Waals surface area contributed by atoms with Crippen molar-refractivity contribution >= 4 is 23.4 Å². The third-order valence-corrected chi connectivity index (χ3v) is 4.69. The predicted molar refractivity (Wildman–Crippen MR) is 115 cm³/mol. The lowest BCUT2D eigenvalue weighted by Gasteiger charge is -2.26. The molecular formula is C22H22N4O5. The van der Waals surface area contributed by atoms with Crippen molar-refractivity contribution in [2.75, 3.05) is 44.8 Å². The molecular weight excluding hydrogens is 400 g/mol. The zero-order chi connectivity index (χ0) is 22.1. The molecule has 0 aromatic heterocycles. The van der Waals surface area contributed by atoms with Crippen LogP contribution in [0.2, 0.25) is 0 Å². The predicted octanol–water partition coefficient (Wildman–Crippen LogP) is 2.85. The molecule has 0 atom stereocenters. The number of hydrogen-bond donors (Lipinski definition) is 1. The Morgan fingerprint density at radius 3 is 2.61 bits per heavy atom. The van der Waals surface area contributed by atoms with Crippen LogP contribution in [-0.4, -0.2) is 55.2 Å². The van der Waals surface area contributed by atoms with Gasteiger partial charge in [-0.15, -0.1) is 0 Å². The summed E-state index contributed by atoms with van der Waals surface area (Å²) in [5.74, 6) is -0.0316. The number of nitro benzene ring substituents is 1. The lowest BCUT2D eigenvalue weighted by molar-refractivity contribution is -0.383. The summed E-state index contributed by atoms with van der Waals surface area (Å²) in [6.45, 7) is 4.66. The number of morpholine rings is 1. The zero-order valence-electron chi connectivity index (χ0n) is 16.8. The van der Waals surface area contributed by atoms with Gasteiger partial charge in [-0.3, -0.25) is 19.8 Å². The number of nitriles is 1. The van der Waals surface area contributed by atoms with Crippen LogP contribution in [0.1, 0.15) is 5.56 Å². The van der Waals surface area contributed by atoms with Crippen LogP contribution in [0.4, 0.5) is 11.4 Å². The van der Waals surface area contributed by atoms with Crippen LogP contribution in [0.25, 0.3) is 6.08 Å². The first-order chi connectivity index (χ1) is 15.1. The Kier molecular flexibility index (Phi) is 7.70. The highest BCUT2D eigenvalue weighted by Crippen LogP contribution is 2.24. The molecule has 0 spiro atoms. The fraction of sp³-hybridized carbons (Fsp3) is 0.273. The number of benzene rings is 2. The normalized spacial score (nSPS) is 14.5. The van der Waals surface area contributed by atoms with Crippen molar-refractivity contribution in [2.24, 2.45) is 0 Å². The summed E-state index contributed by atoms with van der Waals surface area (Å²) in [7, 11) is 0. The Balaban J connectivity index is 1.59. The van der Waals surface area contributed by atoms with Gasteiger partial charge in [0.15, 0.2) is 0 Å². The van der Waals surface area contributed by atoms with Crippen LogP contribution in [-0.2, 0) is 9.53 Å². The molecule has 1 aliphatic rings. The van der Waals surface area contributed by atoms with Crippen LogP contribution >= 0.6 is 0 Å². The Labute approximate surface area is 179 Å². The first-order valence-electron chi connectivity index (χ1n) is 9.76. The molecule has 0 saturated carbocycles. The molecule has 0 radical (unpaired) electrons. The van der Waals surface area contributed by atoms with Gasteiger partial charge < -0.3 is 14.8 Å². The minimum absolute atomic E-state index is 0.0302. The second-order valence-corrected chi connectivity index (χ2v) is 6.77. The molecule has 0 bridgehead atoms. The maximum Gasteiger partial charge on any atom is 0.292 e. The van der Waals surface area contributed by atoms with Gasteiger partial charge in [-0.1, -0.05) is 24.3 Å². The number of carbonyl (C=O) groups is 1. The number of nitro groups is 1. The molecule has 1 saturated heterocycles. The van der Waals surface area contributed by atoms with Crippen molar-refractivity contribution in [1.82, 2.24) is 4.90 Å². The van der Waals surface area contributed by atoms with E-state index < -0.39 is 10.8 Å². The molecule has 9 heteroatoms. The van der Waals surface area contributed by atoms with Gasteiger partial charge in [0.05, 0.1) is 18.1 Å². The summed E-state index contributed by atoms with van der Waals surface area (Å²) in [4.78, 5) is 25.2. The molecule has 1 aliphatic heterocycles. The molecule has 31 heavy (non-hydrogen) atoms. The maximum atomic E-state index is 12.4. The van der Waals surface area contributed by atoms with E-state index in [1.54, 1.807) is 30.3 Å². The molecule has 1 amide bonds. The minimum atomic E-state index is -0.720. The highest BCUT2D eigenvalue weighted by atomic mass is 16.6. The fourth-order valence-corrected chi connectivity index (χ4v) is 3.02. The van der Waals surface area contributed by atoms with Crippen molar-refractivity contribution in [2.45, 2.75) is 0 Å². The van der Waals surface area contributed by atoms with Crippen LogP contribution in [0.5, 0.6) is 5.75 Å². The highest BCUT2D eigenvalue weighted by molar-refractivity contribution is 6.10. The topological polar surface area (TPSA) is 118 Å². The third-order valence-electron chi connectivity index (χ3n) is 4.69. The van der Waals surface area contributed by atoms with Crippen LogP contribution < -0.4 is 10.1 Å². The number of amides is 1. The number of para-hydroxylation sites is 2. The average molecular weight is 422 g/mol. The lowest BCUT2D eigenvalue weighted by atomic mass is 10.1. The van der Waals surface area contributed by atoms with E-state index in [2.05, 4.69) is 10.2 Å². The van der Waals surface area contributed by atoms with Crippen LogP contribution in [0.3, 0.4) is 0 Å². The number of anilines is 1. The molecule has 160 valence electrons. The number of rotatable bonds is 8. The number of nitrogens with zero attached hydrogens (tertiary/aromatic N) is 3. The molecule has 1 N–H and O–H groups in total. The average Bonchev–Trinajstić information content (AvgIpc) is 2.79. The molecule has 3 rings (SSSR count). The maximum absolute atomic E-state index is 12.4. The molecule has 1 fully saturated rings. The SMILES string of the molecule is N#C/C(=C\c1ccc(OCCN2CCOCC2)cc1)C(=O)Nc1ccccc1[N+](=O)[O-]. The van der Waals surface area contributed by atoms with Crippen molar-refractivity contribution < 1.29 is 19.2 Å². The van der Waals surface area contributed by atoms with Crippen molar-refractivity contribution in [3.05, 3.63) is 69.8 Å². The summed E-state index contributed by atoms with van der Waals surface area (Å²) in [6.07, 6.45) is 1.42. The quantitative estimate of drug-likeness (QED) is 0.301. The Hall–Kier alpha value is -3.74. The standard InChI is InChI=1S/C22H22N4O5/c23-16-18(22(27)24-20-3-1-2-4-21(20)26(28)29)15-17-5-7-19(8-6-17)31-14-11-25-9-12-30-13-10-25/h1-8,15H,9-14H2,(H,24,27)/b18-15+. The van der Waals surface area contributed by atoms with Crippen LogP contribution in [0, 0.1) is 21.4 Å². The summed E-state index contributed by atoms with van der Waals surface area (Å²) in [5.41, 5.74) is 0.253. The van der Waals surface area contributed by atoms with Gasteiger partial charge in [0.1, 0.15) is 29.7 Å². The van der Waals surface area contributed by atoms with Gasteiger partial charge in [0.2, 0.25) is 0 Å². The number of ether oxygens (including phenoxy) is 2. The molecule has 0 unspecified atom stereocenters. The van der Waals surface area contributed by atoms with E-state index in [9.17, 15) is 20.2 Å². The van der Waals surface area contributed by atoms with E-state index in [4.69, 9.17) is 9.47 Å². The fourth-order valence-electron chi connectivity index (χ4n) is 3.02. The van der Waals surface area contributed by atoms with Crippen molar-refractivity contribution in [3.63, 3.8) is 0 Å². The molecule has 1 heterocycles. The molecule has 2 aromatic rings. The Bertz CT molecular complexity index is 992. The van der Waals surface area contributed by atoms with Gasteiger partial charge in [-0.25, -0.2) is 0 Å². The van der Waals surface area contributed by atoms with E-state index in [-0.39, 0.29) is 16.9 Å². The smallest absolute Gasteiger partial charge is 0.292 e. The second-order valence-electron chi connectivity index (χ2n) is 6.77. The summed E-state index contributed by atoms with van der Waals surface area (Å²) < 4.78 is 11.1. The van der Waals surface area contributed by atoms with Crippen molar-refractivity contribution in [1.29, 1.82) is 5.26 Å². The minimum Gasteiger partial charge on any atom is -0.492 e. The van der Waals surface area contributed by atoms with Gasteiger partial charge in [0, 0.05) is 25.7 Å².